The van der Waals surface area contributed by atoms with Gasteiger partial charge in [-0.1, -0.05) is 12.1 Å². The van der Waals surface area contributed by atoms with Crippen molar-refractivity contribution in [2.24, 2.45) is 5.92 Å². The van der Waals surface area contributed by atoms with Gasteiger partial charge in [0.15, 0.2) is 0 Å². The number of likely N-dealkylation sites (tertiary alicyclic amines) is 1. The van der Waals surface area contributed by atoms with E-state index in [9.17, 15) is 9.59 Å². The number of hydrogen-bond acceptors (Lipinski definition) is 4. The molecule has 2 aromatic rings. The van der Waals surface area contributed by atoms with E-state index in [1.54, 1.807) is 19.5 Å². The summed E-state index contributed by atoms with van der Waals surface area (Å²) in [5, 5.41) is 5.98. The normalized spacial score (nSPS) is 22.9. The van der Waals surface area contributed by atoms with Crippen molar-refractivity contribution in [2.75, 3.05) is 13.7 Å². The molecule has 1 aliphatic heterocycles. The standard InChI is InChI=1S/C25H32N4O3/c1-32-22-10-4-18(5-11-22)17-27-25(31)28-21-8-6-20(7-9-21)24(30)29-16-2-3-23(29)19-12-14-26-15-13-19/h4-5,10-15,20-21,23H,2-3,6-9,16-17H2,1H3,(H2,27,28,31). The zero-order chi connectivity index (χ0) is 22.3. The Morgan fingerprint density at radius 2 is 1.75 bits per heavy atom. The summed E-state index contributed by atoms with van der Waals surface area (Å²) in [5.74, 6) is 1.12. The number of methoxy groups -OCH3 is 1. The van der Waals surface area contributed by atoms with Gasteiger partial charge in [-0.15, -0.1) is 0 Å². The number of urea groups is 1. The van der Waals surface area contributed by atoms with Crippen LogP contribution in [0.15, 0.2) is 48.8 Å². The SMILES string of the molecule is COc1ccc(CNC(=O)NC2CCC(C(=O)N3CCCC3c3ccncc3)CC2)cc1. The quantitative estimate of drug-likeness (QED) is 0.721. The van der Waals surface area contributed by atoms with Crippen molar-refractivity contribution in [3.05, 3.63) is 59.9 Å². The van der Waals surface area contributed by atoms with Gasteiger partial charge in [-0.2, -0.15) is 0 Å². The molecule has 1 unspecified atom stereocenters. The van der Waals surface area contributed by atoms with Crippen molar-refractivity contribution in [3.63, 3.8) is 0 Å². The monoisotopic (exact) mass is 436 g/mol. The van der Waals surface area contributed by atoms with Gasteiger partial charge in [0.1, 0.15) is 5.75 Å². The Kier molecular flexibility index (Phi) is 7.24. The van der Waals surface area contributed by atoms with Crippen LogP contribution in [-0.2, 0) is 11.3 Å². The van der Waals surface area contributed by atoms with E-state index < -0.39 is 0 Å². The van der Waals surface area contributed by atoms with Crippen LogP contribution >= 0.6 is 0 Å². The van der Waals surface area contributed by atoms with Crippen LogP contribution in [0.5, 0.6) is 5.75 Å². The molecule has 7 heteroatoms. The summed E-state index contributed by atoms with van der Waals surface area (Å²) in [6, 6.07) is 11.8. The van der Waals surface area contributed by atoms with Crippen LogP contribution in [0.25, 0.3) is 0 Å². The summed E-state index contributed by atoms with van der Waals surface area (Å²) in [5.41, 5.74) is 2.19. The predicted octanol–water partition coefficient (Wildman–Crippen LogP) is 3.81. The molecule has 2 heterocycles. The molecule has 3 amide bonds. The lowest BCUT2D eigenvalue weighted by Crippen LogP contribution is -2.45. The van der Waals surface area contributed by atoms with Gasteiger partial charge >= 0.3 is 6.03 Å². The van der Waals surface area contributed by atoms with E-state index in [-0.39, 0.29) is 29.9 Å². The molecule has 1 atom stereocenters. The number of amides is 3. The maximum atomic E-state index is 13.2. The number of nitrogens with one attached hydrogen (secondary N) is 2. The van der Waals surface area contributed by atoms with Crippen LogP contribution in [0.3, 0.4) is 0 Å². The van der Waals surface area contributed by atoms with Gasteiger partial charge in [0, 0.05) is 37.4 Å². The van der Waals surface area contributed by atoms with Crippen molar-refractivity contribution >= 4 is 11.9 Å². The molecule has 1 aromatic carbocycles. The largest absolute Gasteiger partial charge is 0.497 e. The first-order valence-corrected chi connectivity index (χ1v) is 11.5. The Bertz CT molecular complexity index is 895. The minimum absolute atomic E-state index is 0.0536. The van der Waals surface area contributed by atoms with Gasteiger partial charge in [0.2, 0.25) is 5.91 Å². The lowest BCUT2D eigenvalue weighted by Gasteiger charge is -2.33. The fourth-order valence-electron chi connectivity index (χ4n) is 4.84. The van der Waals surface area contributed by atoms with Crippen LogP contribution in [-0.4, -0.2) is 41.5 Å². The van der Waals surface area contributed by atoms with E-state index >= 15 is 0 Å². The molecule has 2 N–H and O–H groups in total. The molecular weight excluding hydrogens is 404 g/mol. The van der Waals surface area contributed by atoms with Crippen molar-refractivity contribution in [2.45, 2.75) is 57.2 Å². The Labute approximate surface area is 189 Å². The van der Waals surface area contributed by atoms with Crippen LogP contribution in [0.4, 0.5) is 4.79 Å². The minimum Gasteiger partial charge on any atom is -0.497 e. The van der Waals surface area contributed by atoms with E-state index in [1.807, 2.05) is 36.4 Å². The van der Waals surface area contributed by atoms with Crippen molar-refractivity contribution in [1.29, 1.82) is 0 Å². The predicted molar refractivity (Wildman–Crippen MR) is 122 cm³/mol. The molecule has 32 heavy (non-hydrogen) atoms. The molecule has 1 aliphatic carbocycles. The van der Waals surface area contributed by atoms with Gasteiger partial charge in [0.05, 0.1) is 13.2 Å². The highest BCUT2D eigenvalue weighted by molar-refractivity contribution is 5.80. The Morgan fingerprint density at radius 3 is 2.44 bits per heavy atom. The molecule has 0 radical (unpaired) electrons. The topological polar surface area (TPSA) is 83.6 Å². The van der Waals surface area contributed by atoms with Crippen LogP contribution < -0.4 is 15.4 Å². The third-order valence-electron chi connectivity index (χ3n) is 6.65. The first-order chi connectivity index (χ1) is 15.6. The van der Waals surface area contributed by atoms with Gasteiger partial charge < -0.3 is 20.3 Å². The highest BCUT2D eigenvalue weighted by Gasteiger charge is 2.35. The molecular formula is C25H32N4O3. The lowest BCUT2D eigenvalue weighted by atomic mass is 9.85. The third-order valence-corrected chi connectivity index (χ3v) is 6.65. The molecule has 1 saturated carbocycles. The second-order valence-electron chi connectivity index (χ2n) is 8.69. The smallest absolute Gasteiger partial charge is 0.315 e. The van der Waals surface area contributed by atoms with E-state index in [0.717, 1.165) is 56.4 Å². The molecule has 7 nitrogen and oxygen atoms in total. The fourth-order valence-corrected chi connectivity index (χ4v) is 4.84. The van der Waals surface area contributed by atoms with Crippen LogP contribution in [0.2, 0.25) is 0 Å². The lowest BCUT2D eigenvalue weighted by molar-refractivity contribution is -0.137. The molecule has 1 saturated heterocycles. The summed E-state index contributed by atoms with van der Waals surface area (Å²) in [7, 11) is 1.63. The number of nitrogens with zero attached hydrogens (tertiary/aromatic N) is 2. The molecule has 2 aliphatic rings. The van der Waals surface area contributed by atoms with Crippen molar-refractivity contribution < 1.29 is 14.3 Å². The minimum atomic E-state index is -0.159. The second-order valence-corrected chi connectivity index (χ2v) is 8.69. The van der Waals surface area contributed by atoms with Gasteiger partial charge in [0.25, 0.3) is 0 Å². The number of hydrogen-bond donors (Lipinski definition) is 2. The number of carbonyl (C=O) groups excluding carboxylic acids is 2. The Hall–Kier alpha value is -3.09. The fraction of sp³-hybridized carbons (Fsp3) is 0.480. The molecule has 0 spiro atoms. The second kappa shape index (κ2) is 10.5. The number of ether oxygens (including phenoxy) is 1. The number of benzene rings is 1. The van der Waals surface area contributed by atoms with Gasteiger partial charge in [-0.3, -0.25) is 9.78 Å². The summed E-state index contributed by atoms with van der Waals surface area (Å²) in [4.78, 5) is 31.7. The van der Waals surface area contributed by atoms with Crippen LogP contribution in [0.1, 0.15) is 55.7 Å². The van der Waals surface area contributed by atoms with E-state index in [1.165, 1.54) is 5.56 Å². The third kappa shape index (κ3) is 5.39. The number of aromatic nitrogens is 1. The van der Waals surface area contributed by atoms with Crippen molar-refractivity contribution in [1.82, 2.24) is 20.5 Å². The summed E-state index contributed by atoms with van der Waals surface area (Å²) >= 11 is 0. The summed E-state index contributed by atoms with van der Waals surface area (Å²) in [6.07, 6.45) is 8.97. The molecule has 170 valence electrons. The van der Waals surface area contributed by atoms with Crippen molar-refractivity contribution in [3.8, 4) is 5.75 Å². The molecule has 4 rings (SSSR count). The number of rotatable bonds is 6. The Balaban J connectivity index is 1.22. The molecule has 0 bridgehead atoms. The average molecular weight is 437 g/mol. The van der Waals surface area contributed by atoms with Gasteiger partial charge in [-0.05, 0) is 73.9 Å². The molecule has 2 fully saturated rings. The van der Waals surface area contributed by atoms with Crippen LogP contribution in [0, 0.1) is 5.92 Å². The Morgan fingerprint density at radius 1 is 1.03 bits per heavy atom. The summed E-state index contributed by atoms with van der Waals surface area (Å²) < 4.78 is 5.15. The van der Waals surface area contributed by atoms with Gasteiger partial charge in [-0.25, -0.2) is 4.79 Å². The van der Waals surface area contributed by atoms with E-state index in [4.69, 9.17) is 4.74 Å². The summed E-state index contributed by atoms with van der Waals surface area (Å²) in [6.45, 7) is 1.30. The van der Waals surface area contributed by atoms with E-state index in [0.29, 0.717) is 6.54 Å². The first kappa shape index (κ1) is 22.1. The highest BCUT2D eigenvalue weighted by atomic mass is 16.5. The highest BCUT2D eigenvalue weighted by Crippen LogP contribution is 2.35. The maximum absolute atomic E-state index is 13.2. The average Bonchev–Trinajstić information content (AvgIpc) is 3.34. The first-order valence-electron chi connectivity index (χ1n) is 11.5. The number of pyridine rings is 1. The zero-order valence-electron chi connectivity index (χ0n) is 18.6. The zero-order valence-corrected chi connectivity index (χ0v) is 18.6. The number of carbonyl (C=O) groups is 2. The molecule has 1 aromatic heterocycles. The maximum Gasteiger partial charge on any atom is 0.315 e. The van der Waals surface area contributed by atoms with E-state index in [2.05, 4.69) is 20.5 Å².